The first-order chi connectivity index (χ1) is 20.6. The van der Waals surface area contributed by atoms with Crippen molar-refractivity contribution in [2.24, 2.45) is 0 Å². The van der Waals surface area contributed by atoms with Crippen LogP contribution in [-0.2, 0) is 35.7 Å². The molecule has 2 aromatic carbocycles. The third-order valence-corrected chi connectivity index (χ3v) is 8.27. The van der Waals surface area contributed by atoms with Crippen molar-refractivity contribution >= 4 is 11.4 Å². The van der Waals surface area contributed by atoms with Crippen LogP contribution in [-0.4, -0.2) is 18.9 Å². The van der Waals surface area contributed by atoms with E-state index >= 15 is 0 Å². The van der Waals surface area contributed by atoms with E-state index in [2.05, 4.69) is 84.0 Å². The second-order valence-corrected chi connectivity index (χ2v) is 12.1. The molecule has 236 valence electrons. The molecule has 0 radical (unpaired) electrons. The van der Waals surface area contributed by atoms with E-state index < -0.39 is 0 Å². The van der Waals surface area contributed by atoms with Crippen molar-refractivity contribution in [2.75, 3.05) is 14.2 Å². The number of hydrogen-bond donors (Lipinski definition) is 0. The van der Waals surface area contributed by atoms with Crippen LogP contribution in [0, 0.1) is 0 Å². The fourth-order valence-corrected chi connectivity index (χ4v) is 5.84. The van der Waals surface area contributed by atoms with E-state index in [4.69, 9.17) is 0 Å². The Morgan fingerprint density at radius 2 is 0.952 bits per heavy atom. The molecule has 0 N–H and O–H groups in total. The van der Waals surface area contributed by atoms with Gasteiger partial charge >= 0.3 is 37.1 Å². The van der Waals surface area contributed by atoms with Crippen LogP contribution < -0.4 is 0 Å². The maximum atomic E-state index is 11.6. The van der Waals surface area contributed by atoms with Gasteiger partial charge in [-0.3, -0.25) is 0 Å². The zero-order valence-electron chi connectivity index (χ0n) is 27.3. The number of hydrogen-bond acceptors (Lipinski definition) is 2. The van der Waals surface area contributed by atoms with Crippen LogP contribution in [0.3, 0.4) is 0 Å². The van der Waals surface area contributed by atoms with E-state index in [0.29, 0.717) is 0 Å². The van der Waals surface area contributed by atoms with Crippen molar-refractivity contribution in [1.82, 2.24) is 0 Å². The quantitative estimate of drug-likeness (QED) is 0.0892. The molecule has 0 fully saturated rings. The number of allylic oxidation sites excluding steroid dienone is 2. The second-order valence-electron chi connectivity index (χ2n) is 11.1. The zero-order chi connectivity index (χ0) is 30.6. The molecule has 0 atom stereocenters. The monoisotopic (exact) mass is 618 g/mol. The van der Waals surface area contributed by atoms with Crippen molar-refractivity contribution in [1.29, 1.82) is 0 Å². The van der Waals surface area contributed by atoms with Crippen LogP contribution in [0.25, 0.3) is 16.9 Å². The Labute approximate surface area is 263 Å². The zero-order valence-corrected chi connectivity index (χ0v) is 28.2. The fourth-order valence-electron chi connectivity index (χ4n) is 5.67. The van der Waals surface area contributed by atoms with Crippen LogP contribution in [0.2, 0.25) is 0 Å². The molecule has 2 aromatic rings. The van der Waals surface area contributed by atoms with Crippen LogP contribution >= 0.6 is 0 Å². The van der Waals surface area contributed by atoms with Crippen molar-refractivity contribution in [3.05, 3.63) is 87.5 Å². The number of aryl methyl sites for hydroxylation is 2. The molecule has 1 heterocycles. The summed E-state index contributed by atoms with van der Waals surface area (Å²) in [6.45, 7) is 9.01. The van der Waals surface area contributed by atoms with Gasteiger partial charge in [0.05, 0.1) is 0 Å². The summed E-state index contributed by atoms with van der Waals surface area (Å²) < 4.78 is 10.3. The van der Waals surface area contributed by atoms with Crippen molar-refractivity contribution in [3.8, 4) is 0 Å². The first-order valence-corrected chi connectivity index (χ1v) is 17.2. The van der Waals surface area contributed by atoms with Crippen LogP contribution in [0.15, 0.2) is 59.7 Å². The average molecular weight is 620 g/mol. The molecule has 0 saturated carbocycles. The number of rotatable bonds is 19. The topological polar surface area (TPSA) is 43.8 Å². The minimum absolute atomic E-state index is 0.819. The van der Waals surface area contributed by atoms with Crippen LogP contribution in [0.4, 0.5) is 0 Å². The van der Waals surface area contributed by atoms with Crippen LogP contribution in [0.1, 0.15) is 133 Å². The summed E-state index contributed by atoms with van der Waals surface area (Å²) >= 11 is 0.819. The van der Waals surface area contributed by atoms with Gasteiger partial charge in [-0.25, -0.2) is 4.70 Å². The summed E-state index contributed by atoms with van der Waals surface area (Å²) in [6.07, 6.45) is 18.1. The SMILES string of the molecule is CCCCCCc1ccc(C2=C(CC)C(CCCCC)=C(c3ccc(CCCCCC)cc3)[N+]2=[N-])cc1.C[O][Ni][O]C. The van der Waals surface area contributed by atoms with Gasteiger partial charge in [0.15, 0.2) is 0 Å². The Morgan fingerprint density at radius 1 is 0.548 bits per heavy atom. The Morgan fingerprint density at radius 3 is 1.33 bits per heavy atom. The van der Waals surface area contributed by atoms with Gasteiger partial charge in [-0.05, 0) is 80.3 Å². The van der Waals surface area contributed by atoms with Gasteiger partial charge in [-0.1, -0.05) is 103 Å². The third-order valence-electron chi connectivity index (χ3n) is 7.94. The number of unbranched alkanes of at least 4 members (excludes halogenated alkanes) is 8. The van der Waals surface area contributed by atoms with E-state index in [1.165, 1.54) is 91.2 Å². The van der Waals surface area contributed by atoms with Crippen molar-refractivity contribution in [2.45, 2.75) is 124 Å². The summed E-state index contributed by atoms with van der Waals surface area (Å²) in [6, 6.07) is 17.9. The number of nitrogens with zero attached hydrogens (tertiary/aromatic N) is 2. The van der Waals surface area contributed by atoms with Gasteiger partial charge < -0.3 is 5.53 Å². The Balaban J connectivity index is 0.00000113. The predicted octanol–water partition coefficient (Wildman–Crippen LogP) is 11.3. The third kappa shape index (κ3) is 11.5. The van der Waals surface area contributed by atoms with Gasteiger partial charge in [0.2, 0.25) is 11.4 Å². The Kier molecular flexibility index (Phi) is 18.6. The van der Waals surface area contributed by atoms with Crippen molar-refractivity contribution in [3.63, 3.8) is 0 Å². The van der Waals surface area contributed by atoms with E-state index in [0.717, 1.165) is 69.7 Å². The molecular formula is C37H56N2NiO2. The molecule has 0 amide bonds. The number of benzene rings is 2. The van der Waals surface area contributed by atoms with Gasteiger partial charge in [-0.2, -0.15) is 0 Å². The minimum atomic E-state index is 0.819. The summed E-state index contributed by atoms with van der Waals surface area (Å²) in [5, 5.41) is 0. The molecule has 0 aromatic heterocycles. The molecule has 0 bridgehead atoms. The molecule has 3 rings (SSSR count). The molecule has 5 heteroatoms. The van der Waals surface area contributed by atoms with Gasteiger partial charge in [0.1, 0.15) is 0 Å². The summed E-state index contributed by atoms with van der Waals surface area (Å²) in [7, 11) is 3.12. The summed E-state index contributed by atoms with van der Waals surface area (Å²) in [5.74, 6) is 0. The summed E-state index contributed by atoms with van der Waals surface area (Å²) in [4.78, 5) is 0. The molecule has 0 unspecified atom stereocenters. The second kappa shape index (κ2) is 21.6. The van der Waals surface area contributed by atoms with Gasteiger partial charge in [0, 0.05) is 22.3 Å². The van der Waals surface area contributed by atoms with Gasteiger partial charge in [-0.15, -0.1) is 0 Å². The molecule has 42 heavy (non-hydrogen) atoms. The molecule has 1 aliphatic heterocycles. The molecule has 0 spiro atoms. The normalized spacial score (nSPS) is 13.2. The molecule has 0 saturated heterocycles. The van der Waals surface area contributed by atoms with E-state index in [1.807, 2.05) is 0 Å². The first-order valence-electron chi connectivity index (χ1n) is 16.4. The first kappa shape index (κ1) is 36.1. The molecule has 4 nitrogen and oxygen atoms in total. The standard InChI is InChI=1S/C35H50N2.2CH3O.Ni/c1-5-9-12-15-17-28-20-24-30(25-21-28)34-32(8-4)33(19-14-11-7-3)35(37(34)36)31-26-22-29(23-27-31)18-16-13-10-6-2;2*1-2;/h20-27H,5-19H2,1-4H3;2*1H3;/q;2*-1;+2. The molecular weight excluding hydrogens is 563 g/mol. The van der Waals surface area contributed by atoms with Crippen molar-refractivity contribution < 1.29 is 27.5 Å². The average Bonchev–Trinajstić information content (AvgIpc) is 3.29. The molecule has 0 aliphatic carbocycles. The Bertz CT molecular complexity index is 1100. The van der Waals surface area contributed by atoms with E-state index in [1.54, 1.807) is 14.2 Å². The Hall–Kier alpha value is -2.07. The predicted molar refractivity (Wildman–Crippen MR) is 174 cm³/mol. The summed E-state index contributed by atoms with van der Waals surface area (Å²) in [5.41, 5.74) is 21.3. The molecule has 1 aliphatic rings. The van der Waals surface area contributed by atoms with Gasteiger partial charge in [0.25, 0.3) is 0 Å². The fraction of sp³-hybridized carbons (Fsp3) is 0.568. The maximum absolute atomic E-state index is 11.6. The van der Waals surface area contributed by atoms with E-state index in [-0.39, 0.29) is 0 Å². The van der Waals surface area contributed by atoms with E-state index in [9.17, 15) is 5.53 Å². The van der Waals surface area contributed by atoms with Crippen LogP contribution in [0.5, 0.6) is 0 Å².